The van der Waals surface area contributed by atoms with Crippen molar-refractivity contribution in [2.45, 2.75) is 18.9 Å². The van der Waals surface area contributed by atoms with Gasteiger partial charge in [-0.15, -0.1) is 0 Å². The molecular weight excluding hydrogens is 268 g/mol. The van der Waals surface area contributed by atoms with E-state index in [0.717, 1.165) is 30.8 Å². The van der Waals surface area contributed by atoms with Crippen LogP contribution in [-0.4, -0.2) is 31.1 Å². The fourth-order valence-electron chi connectivity index (χ4n) is 2.69. The standard InChI is InChI=1S/C14H14N6O/c21-14-7-10(9-2-1-3-16-9)18-13-6-11(19-20(13)14)12-8-15-4-5-17-12/h4-9,16,19H,1-3H2. The second-order valence-corrected chi connectivity index (χ2v) is 5.12. The summed E-state index contributed by atoms with van der Waals surface area (Å²) in [6, 6.07) is 3.59. The molecule has 0 spiro atoms. The molecule has 3 aromatic rings. The fraction of sp³-hybridized carbons (Fsp3) is 0.286. The third-order valence-electron chi connectivity index (χ3n) is 3.73. The van der Waals surface area contributed by atoms with Crippen molar-refractivity contribution < 1.29 is 0 Å². The van der Waals surface area contributed by atoms with E-state index in [1.54, 1.807) is 24.7 Å². The Balaban J connectivity index is 1.84. The Hall–Kier alpha value is -2.54. The van der Waals surface area contributed by atoms with E-state index < -0.39 is 0 Å². The van der Waals surface area contributed by atoms with E-state index in [1.165, 1.54) is 4.52 Å². The number of aromatic amines is 1. The number of H-pyrrole nitrogens is 1. The summed E-state index contributed by atoms with van der Waals surface area (Å²) in [6.07, 6.45) is 7.01. The number of nitrogens with one attached hydrogen (secondary N) is 2. The van der Waals surface area contributed by atoms with Crippen LogP contribution in [0.25, 0.3) is 17.0 Å². The first-order valence-corrected chi connectivity index (χ1v) is 6.94. The van der Waals surface area contributed by atoms with E-state index in [9.17, 15) is 4.79 Å². The lowest BCUT2D eigenvalue weighted by Gasteiger charge is -2.08. The Morgan fingerprint density at radius 1 is 1.29 bits per heavy atom. The van der Waals surface area contributed by atoms with Gasteiger partial charge in [-0.2, -0.15) is 0 Å². The Morgan fingerprint density at radius 3 is 3.00 bits per heavy atom. The zero-order valence-electron chi connectivity index (χ0n) is 11.3. The van der Waals surface area contributed by atoms with Gasteiger partial charge in [0, 0.05) is 30.6 Å². The summed E-state index contributed by atoms with van der Waals surface area (Å²) in [5.41, 5.74) is 2.71. The topological polar surface area (TPSA) is 88.0 Å². The van der Waals surface area contributed by atoms with Crippen LogP contribution >= 0.6 is 0 Å². The molecule has 0 aromatic carbocycles. The molecular formula is C14H14N6O. The van der Waals surface area contributed by atoms with Gasteiger partial charge in [0.15, 0.2) is 5.65 Å². The molecule has 4 rings (SSSR count). The van der Waals surface area contributed by atoms with Crippen LogP contribution in [0.1, 0.15) is 24.6 Å². The average Bonchev–Trinajstić information content (AvgIpc) is 3.17. The maximum Gasteiger partial charge on any atom is 0.272 e. The molecule has 7 nitrogen and oxygen atoms in total. The van der Waals surface area contributed by atoms with E-state index >= 15 is 0 Å². The number of fused-ring (bicyclic) bond motifs is 1. The zero-order valence-corrected chi connectivity index (χ0v) is 11.3. The molecule has 0 bridgehead atoms. The van der Waals surface area contributed by atoms with E-state index in [4.69, 9.17) is 0 Å². The fourth-order valence-corrected chi connectivity index (χ4v) is 2.69. The van der Waals surface area contributed by atoms with E-state index in [-0.39, 0.29) is 11.6 Å². The molecule has 1 atom stereocenters. The van der Waals surface area contributed by atoms with Gasteiger partial charge < -0.3 is 5.32 Å². The lowest BCUT2D eigenvalue weighted by atomic mass is 10.1. The normalized spacial score (nSPS) is 18.4. The second kappa shape index (κ2) is 4.78. The Labute approximate surface area is 120 Å². The summed E-state index contributed by atoms with van der Waals surface area (Å²) in [5, 5.41) is 6.38. The lowest BCUT2D eigenvalue weighted by Crippen LogP contribution is -2.20. The molecule has 7 heteroatoms. The van der Waals surface area contributed by atoms with Crippen LogP contribution in [0.4, 0.5) is 0 Å². The highest BCUT2D eigenvalue weighted by Crippen LogP contribution is 2.21. The molecule has 3 aromatic heterocycles. The van der Waals surface area contributed by atoms with Crippen molar-refractivity contribution in [3.05, 3.63) is 46.8 Å². The van der Waals surface area contributed by atoms with Crippen LogP contribution < -0.4 is 10.9 Å². The largest absolute Gasteiger partial charge is 0.309 e. The molecule has 0 saturated carbocycles. The minimum atomic E-state index is -0.112. The predicted octanol–water partition coefficient (Wildman–Crippen LogP) is 0.904. The van der Waals surface area contributed by atoms with Gasteiger partial charge in [0.2, 0.25) is 0 Å². The van der Waals surface area contributed by atoms with Crippen LogP contribution in [0.2, 0.25) is 0 Å². The van der Waals surface area contributed by atoms with Gasteiger partial charge in [0.05, 0.1) is 17.6 Å². The molecule has 106 valence electrons. The Bertz CT molecular complexity index is 832. The maximum atomic E-state index is 12.2. The molecule has 1 unspecified atom stereocenters. The number of aromatic nitrogens is 5. The lowest BCUT2D eigenvalue weighted by molar-refractivity contribution is 0.625. The summed E-state index contributed by atoms with van der Waals surface area (Å²) in [7, 11) is 0. The molecule has 1 aliphatic rings. The van der Waals surface area contributed by atoms with Crippen LogP contribution in [0, 0.1) is 0 Å². The molecule has 1 fully saturated rings. The molecule has 0 amide bonds. The van der Waals surface area contributed by atoms with Crippen molar-refractivity contribution in [3.8, 4) is 11.4 Å². The molecule has 4 heterocycles. The quantitative estimate of drug-likeness (QED) is 0.729. The first-order valence-electron chi connectivity index (χ1n) is 6.94. The summed E-state index contributed by atoms with van der Waals surface area (Å²) >= 11 is 0. The highest BCUT2D eigenvalue weighted by atomic mass is 16.1. The summed E-state index contributed by atoms with van der Waals surface area (Å²) in [5.74, 6) is 0. The summed E-state index contributed by atoms with van der Waals surface area (Å²) < 4.78 is 1.43. The van der Waals surface area contributed by atoms with Crippen molar-refractivity contribution in [2.75, 3.05) is 6.54 Å². The predicted molar refractivity (Wildman–Crippen MR) is 76.8 cm³/mol. The van der Waals surface area contributed by atoms with Gasteiger partial charge in [0.1, 0.15) is 5.69 Å². The third-order valence-corrected chi connectivity index (χ3v) is 3.73. The zero-order chi connectivity index (χ0) is 14.2. The Kier molecular flexibility index (Phi) is 2.78. The first kappa shape index (κ1) is 12.2. The van der Waals surface area contributed by atoms with Crippen LogP contribution in [-0.2, 0) is 0 Å². The molecule has 1 saturated heterocycles. The monoisotopic (exact) mass is 282 g/mol. The molecule has 0 radical (unpaired) electrons. The number of rotatable bonds is 2. The van der Waals surface area contributed by atoms with E-state index in [1.807, 2.05) is 6.07 Å². The molecule has 2 N–H and O–H groups in total. The van der Waals surface area contributed by atoms with Gasteiger partial charge in [-0.1, -0.05) is 0 Å². The van der Waals surface area contributed by atoms with Crippen molar-refractivity contribution >= 4 is 5.65 Å². The van der Waals surface area contributed by atoms with Gasteiger partial charge in [0.25, 0.3) is 5.56 Å². The van der Waals surface area contributed by atoms with Crippen LogP contribution in [0.5, 0.6) is 0 Å². The summed E-state index contributed by atoms with van der Waals surface area (Å²) in [4.78, 5) is 25.1. The van der Waals surface area contributed by atoms with Crippen molar-refractivity contribution in [2.24, 2.45) is 0 Å². The second-order valence-electron chi connectivity index (χ2n) is 5.12. The molecule has 21 heavy (non-hydrogen) atoms. The number of hydrogen-bond donors (Lipinski definition) is 2. The number of hydrogen-bond acceptors (Lipinski definition) is 5. The van der Waals surface area contributed by atoms with E-state index in [0.29, 0.717) is 11.3 Å². The first-order chi connectivity index (χ1) is 10.3. The average molecular weight is 282 g/mol. The SMILES string of the molecule is O=c1cc(C2CCCN2)nc2cc(-c3cnccn3)[nH]n12. The number of nitrogens with zero attached hydrogens (tertiary/aromatic N) is 4. The Morgan fingerprint density at radius 2 is 2.24 bits per heavy atom. The van der Waals surface area contributed by atoms with E-state index in [2.05, 4.69) is 25.4 Å². The van der Waals surface area contributed by atoms with Gasteiger partial charge in [-0.25, -0.2) is 9.50 Å². The maximum absolute atomic E-state index is 12.2. The van der Waals surface area contributed by atoms with Gasteiger partial charge >= 0.3 is 0 Å². The highest BCUT2D eigenvalue weighted by Gasteiger charge is 2.19. The third kappa shape index (κ3) is 2.11. The minimum Gasteiger partial charge on any atom is -0.309 e. The van der Waals surface area contributed by atoms with Crippen LogP contribution in [0.3, 0.4) is 0 Å². The van der Waals surface area contributed by atoms with Gasteiger partial charge in [-0.05, 0) is 19.4 Å². The minimum absolute atomic E-state index is 0.112. The molecule has 0 aliphatic carbocycles. The van der Waals surface area contributed by atoms with Crippen molar-refractivity contribution in [3.63, 3.8) is 0 Å². The van der Waals surface area contributed by atoms with Gasteiger partial charge in [-0.3, -0.25) is 19.9 Å². The smallest absolute Gasteiger partial charge is 0.272 e. The summed E-state index contributed by atoms with van der Waals surface area (Å²) in [6.45, 7) is 0.976. The van der Waals surface area contributed by atoms with Crippen molar-refractivity contribution in [1.82, 2.24) is 29.9 Å². The highest BCUT2D eigenvalue weighted by molar-refractivity contribution is 5.59. The van der Waals surface area contributed by atoms with Crippen molar-refractivity contribution in [1.29, 1.82) is 0 Å². The molecule has 1 aliphatic heterocycles. The van der Waals surface area contributed by atoms with Crippen LogP contribution in [0.15, 0.2) is 35.5 Å².